The van der Waals surface area contributed by atoms with E-state index >= 15 is 0 Å². The standard InChI is InChI=1S/C30H31N5O5S/c36-27-20-35(41(39,40)28-12-4-5-15-32-28)17-7-11-25(27)33-30(38)26(18-21-8-2-1-3-9-21)34-29(37)23-13-14-24-22(19-23)10-6-16-31-24/h2,4-6,8-10,12-16,19,25-26H,1,3,7,11,17-18,20H2,(H,33,38)(H,34,37)/t25-,26-/m0/s1. The van der Waals surface area contributed by atoms with E-state index in [1.54, 1.807) is 42.6 Å². The summed E-state index contributed by atoms with van der Waals surface area (Å²) in [5.74, 6) is -1.34. The fraction of sp³-hybridized carbons (Fsp3) is 0.300. The van der Waals surface area contributed by atoms with Crippen molar-refractivity contribution in [2.75, 3.05) is 13.1 Å². The van der Waals surface area contributed by atoms with Crippen LogP contribution in [0.15, 0.2) is 89.8 Å². The third kappa shape index (κ3) is 6.75. The van der Waals surface area contributed by atoms with E-state index in [1.165, 1.54) is 12.3 Å². The molecule has 2 amide bonds. The summed E-state index contributed by atoms with van der Waals surface area (Å²) in [7, 11) is -3.96. The van der Waals surface area contributed by atoms with Gasteiger partial charge in [-0.1, -0.05) is 30.4 Å². The number of amides is 2. The Balaban J connectivity index is 1.30. The molecule has 0 radical (unpaired) electrons. The van der Waals surface area contributed by atoms with E-state index in [0.29, 0.717) is 12.0 Å². The largest absolute Gasteiger partial charge is 0.344 e. The first-order valence-corrected chi connectivity index (χ1v) is 15.0. The molecule has 1 aromatic carbocycles. The molecule has 1 aliphatic heterocycles. The van der Waals surface area contributed by atoms with Crippen molar-refractivity contribution < 1.29 is 22.8 Å². The van der Waals surface area contributed by atoms with Gasteiger partial charge in [-0.25, -0.2) is 13.4 Å². The summed E-state index contributed by atoms with van der Waals surface area (Å²) in [6.45, 7) is -0.244. The molecule has 2 N–H and O–H groups in total. The molecule has 0 bridgehead atoms. The Labute approximate surface area is 238 Å². The monoisotopic (exact) mass is 573 g/mol. The summed E-state index contributed by atoms with van der Waals surface area (Å²) in [6, 6.07) is 11.5. The highest BCUT2D eigenvalue weighted by molar-refractivity contribution is 7.89. The van der Waals surface area contributed by atoms with Crippen LogP contribution in [0.4, 0.5) is 0 Å². The van der Waals surface area contributed by atoms with Crippen molar-refractivity contribution in [2.24, 2.45) is 0 Å². The van der Waals surface area contributed by atoms with Crippen LogP contribution in [0.1, 0.15) is 42.5 Å². The third-order valence-electron chi connectivity index (χ3n) is 7.18. The number of carbonyl (C=O) groups is 3. The van der Waals surface area contributed by atoms with Crippen LogP contribution in [-0.4, -0.2) is 65.5 Å². The van der Waals surface area contributed by atoms with Crippen molar-refractivity contribution in [1.29, 1.82) is 0 Å². The Morgan fingerprint density at radius 3 is 2.68 bits per heavy atom. The first kappa shape index (κ1) is 28.3. The number of sulfonamides is 1. The minimum absolute atomic E-state index is 0.128. The average Bonchev–Trinajstić information content (AvgIpc) is 3.18. The van der Waals surface area contributed by atoms with Crippen LogP contribution in [-0.2, 0) is 19.6 Å². The Morgan fingerprint density at radius 2 is 1.90 bits per heavy atom. The van der Waals surface area contributed by atoms with Gasteiger partial charge in [0.25, 0.3) is 15.9 Å². The van der Waals surface area contributed by atoms with Crippen LogP contribution in [0.25, 0.3) is 10.9 Å². The number of nitrogens with zero attached hydrogens (tertiary/aromatic N) is 3. The van der Waals surface area contributed by atoms with Crippen LogP contribution in [0.2, 0.25) is 0 Å². The molecule has 5 rings (SSSR count). The minimum Gasteiger partial charge on any atom is -0.344 e. The highest BCUT2D eigenvalue weighted by Crippen LogP contribution is 2.20. The summed E-state index contributed by atoms with van der Waals surface area (Å²) in [6.07, 6.45) is 11.7. The van der Waals surface area contributed by atoms with Gasteiger partial charge in [0.1, 0.15) is 6.04 Å². The van der Waals surface area contributed by atoms with E-state index in [4.69, 9.17) is 0 Å². The maximum Gasteiger partial charge on any atom is 0.260 e. The number of nitrogens with one attached hydrogen (secondary N) is 2. The van der Waals surface area contributed by atoms with Gasteiger partial charge < -0.3 is 10.6 Å². The number of hydrogen-bond donors (Lipinski definition) is 2. The van der Waals surface area contributed by atoms with E-state index in [2.05, 4.69) is 20.6 Å². The molecule has 1 aliphatic carbocycles. The molecule has 2 atom stereocenters. The Morgan fingerprint density at radius 1 is 1.05 bits per heavy atom. The van der Waals surface area contributed by atoms with Crippen molar-refractivity contribution in [3.8, 4) is 0 Å². The average molecular weight is 574 g/mol. The van der Waals surface area contributed by atoms with Crippen LogP contribution in [0.5, 0.6) is 0 Å². The Bertz CT molecular complexity index is 1620. The number of pyridine rings is 2. The summed E-state index contributed by atoms with van der Waals surface area (Å²) in [5, 5.41) is 6.31. The molecule has 1 saturated heterocycles. The van der Waals surface area contributed by atoms with E-state index in [9.17, 15) is 22.8 Å². The number of allylic oxidation sites excluding steroid dienone is 3. The number of rotatable bonds is 8. The molecular formula is C30H31N5O5S. The molecule has 0 unspecified atom stereocenters. The normalized spacial score (nSPS) is 18.8. The van der Waals surface area contributed by atoms with Gasteiger partial charge in [0, 0.05) is 36.3 Å². The fourth-order valence-corrected chi connectivity index (χ4v) is 6.36. The number of Topliss-reactive ketones (excluding diaryl/α,β-unsaturated/α-hetero) is 1. The molecule has 0 spiro atoms. The molecule has 3 aromatic rings. The third-order valence-corrected chi connectivity index (χ3v) is 8.94. The number of ketones is 1. The molecule has 3 heterocycles. The van der Waals surface area contributed by atoms with Gasteiger partial charge in [0.15, 0.2) is 10.8 Å². The van der Waals surface area contributed by atoms with Crippen molar-refractivity contribution in [3.63, 3.8) is 0 Å². The van der Waals surface area contributed by atoms with Gasteiger partial charge in [0.2, 0.25) is 5.91 Å². The lowest BCUT2D eigenvalue weighted by Crippen LogP contribution is -2.52. The number of hydrogen-bond acceptors (Lipinski definition) is 7. The number of benzene rings is 1. The summed E-state index contributed by atoms with van der Waals surface area (Å²) in [4.78, 5) is 48.2. The van der Waals surface area contributed by atoms with Gasteiger partial charge in [-0.15, -0.1) is 0 Å². The van der Waals surface area contributed by atoms with Crippen molar-refractivity contribution in [2.45, 2.75) is 49.2 Å². The quantitative estimate of drug-likeness (QED) is 0.423. The van der Waals surface area contributed by atoms with E-state index < -0.39 is 39.7 Å². The van der Waals surface area contributed by atoms with Gasteiger partial charge in [-0.2, -0.15) is 4.31 Å². The fourth-order valence-electron chi connectivity index (χ4n) is 4.98. The summed E-state index contributed by atoms with van der Waals surface area (Å²) >= 11 is 0. The van der Waals surface area contributed by atoms with E-state index in [1.807, 2.05) is 24.3 Å². The maximum absolute atomic E-state index is 13.5. The second-order valence-corrected chi connectivity index (χ2v) is 12.0. The van der Waals surface area contributed by atoms with Gasteiger partial charge in [-0.05, 0) is 67.7 Å². The number of fused-ring (bicyclic) bond motifs is 1. The van der Waals surface area contributed by atoms with Crippen LogP contribution in [0.3, 0.4) is 0 Å². The molecule has 212 valence electrons. The first-order chi connectivity index (χ1) is 19.8. The predicted molar refractivity (Wildman–Crippen MR) is 153 cm³/mol. The molecule has 41 heavy (non-hydrogen) atoms. The summed E-state index contributed by atoms with van der Waals surface area (Å²) < 4.78 is 27.2. The molecule has 11 heteroatoms. The lowest BCUT2D eigenvalue weighted by Gasteiger charge is -2.23. The second kappa shape index (κ2) is 12.5. The van der Waals surface area contributed by atoms with Crippen molar-refractivity contribution >= 4 is 38.5 Å². The molecule has 1 fully saturated rings. The minimum atomic E-state index is -3.96. The van der Waals surface area contributed by atoms with Gasteiger partial charge in [0.05, 0.1) is 18.1 Å². The lowest BCUT2D eigenvalue weighted by molar-refractivity contribution is -0.128. The van der Waals surface area contributed by atoms with Crippen molar-refractivity contribution in [3.05, 3.63) is 90.3 Å². The molecule has 10 nitrogen and oxygen atoms in total. The maximum atomic E-state index is 13.5. The Hall–Kier alpha value is -4.22. The Kier molecular flexibility index (Phi) is 8.65. The lowest BCUT2D eigenvalue weighted by atomic mass is 9.98. The number of aromatic nitrogens is 2. The highest BCUT2D eigenvalue weighted by atomic mass is 32.2. The van der Waals surface area contributed by atoms with Crippen LogP contribution in [0, 0.1) is 0 Å². The van der Waals surface area contributed by atoms with Gasteiger partial charge in [-0.3, -0.25) is 19.4 Å². The molecule has 2 aromatic heterocycles. The second-order valence-electron chi connectivity index (χ2n) is 10.1. The number of carbonyl (C=O) groups excluding carboxylic acids is 3. The first-order valence-electron chi connectivity index (χ1n) is 13.6. The SMILES string of the molecule is O=C(N[C@@H](CC1=CCCC=C1)C(=O)N[C@H]1CCCN(S(=O)(=O)c2ccccn2)CC1=O)c1ccc2ncccc2c1. The van der Waals surface area contributed by atoms with Crippen LogP contribution < -0.4 is 10.6 Å². The zero-order valence-corrected chi connectivity index (χ0v) is 23.2. The van der Waals surface area contributed by atoms with Gasteiger partial charge >= 0.3 is 0 Å². The zero-order valence-electron chi connectivity index (χ0n) is 22.4. The topological polar surface area (TPSA) is 138 Å². The van der Waals surface area contributed by atoms with E-state index in [-0.39, 0.29) is 31.0 Å². The molecule has 2 aliphatic rings. The molecule has 0 saturated carbocycles. The summed E-state index contributed by atoms with van der Waals surface area (Å²) in [5.41, 5.74) is 2.05. The van der Waals surface area contributed by atoms with Crippen molar-refractivity contribution in [1.82, 2.24) is 24.9 Å². The van der Waals surface area contributed by atoms with Crippen LogP contribution >= 0.6 is 0 Å². The smallest absolute Gasteiger partial charge is 0.260 e. The molecular weight excluding hydrogens is 542 g/mol. The zero-order chi connectivity index (χ0) is 28.8. The van der Waals surface area contributed by atoms with E-state index in [0.717, 1.165) is 33.6 Å². The highest BCUT2D eigenvalue weighted by Gasteiger charge is 2.35. The predicted octanol–water partition coefficient (Wildman–Crippen LogP) is 2.93.